The van der Waals surface area contributed by atoms with Gasteiger partial charge >= 0.3 is 12.1 Å². The number of hydrogen-bond donors (Lipinski definition) is 1. The predicted octanol–water partition coefficient (Wildman–Crippen LogP) is 1.17. The minimum atomic E-state index is -2.09. The average Bonchev–Trinajstić information content (AvgIpc) is 3.40. The molecule has 176 valence electrons. The standard InChI is InChI=1S/C24H28N2O7/c1-30-15-12-16-25-11-10-22-13-6-4-5-7-14(13)26(20(28)32-3)23(22)9-8-21(15,17(22)25)18(33-16)24(23,29)19(27)31-2/h4-7,15-18,29H,8-12H2,1-3H3. The summed E-state index contributed by atoms with van der Waals surface area (Å²) < 4.78 is 23.2. The number of anilines is 1. The van der Waals surface area contributed by atoms with Crippen LogP contribution in [-0.4, -0.2) is 85.6 Å². The number of nitrogens with zero attached hydrogens (tertiary/aromatic N) is 2. The first-order valence-corrected chi connectivity index (χ1v) is 11.6. The summed E-state index contributed by atoms with van der Waals surface area (Å²) in [5.41, 5.74) is -3.02. The third-order valence-corrected chi connectivity index (χ3v) is 10.1. The molecule has 3 aliphatic carbocycles. The number of methoxy groups -OCH3 is 3. The van der Waals surface area contributed by atoms with E-state index >= 15 is 0 Å². The minimum Gasteiger partial charge on any atom is -0.467 e. The summed E-state index contributed by atoms with van der Waals surface area (Å²) in [6.07, 6.45) is 0.555. The Morgan fingerprint density at radius 1 is 1.12 bits per heavy atom. The number of piperidine rings is 1. The van der Waals surface area contributed by atoms with Gasteiger partial charge in [-0.1, -0.05) is 18.2 Å². The maximum Gasteiger partial charge on any atom is 0.414 e. The molecule has 1 aromatic rings. The lowest BCUT2D eigenvalue weighted by Gasteiger charge is -2.78. The highest BCUT2D eigenvalue weighted by molar-refractivity contribution is 5.99. The zero-order chi connectivity index (χ0) is 23.0. The highest BCUT2D eigenvalue weighted by Crippen LogP contribution is 2.79. The molecule has 5 heterocycles. The maximum atomic E-state index is 13.7. The normalized spacial score (nSPS) is 47.9. The van der Waals surface area contributed by atoms with Gasteiger partial charge in [0, 0.05) is 36.9 Å². The fourth-order valence-electron chi connectivity index (χ4n) is 9.42. The van der Waals surface area contributed by atoms with E-state index in [1.807, 2.05) is 24.3 Å². The fraction of sp³-hybridized carbons (Fsp3) is 0.667. The molecule has 9 nitrogen and oxygen atoms in total. The van der Waals surface area contributed by atoms with E-state index < -0.39 is 40.1 Å². The average molecular weight is 456 g/mol. The highest BCUT2D eigenvalue weighted by Gasteiger charge is 2.93. The Morgan fingerprint density at radius 3 is 2.64 bits per heavy atom. The molecule has 4 saturated heterocycles. The molecule has 0 aromatic heterocycles. The van der Waals surface area contributed by atoms with Crippen LogP contribution in [0.1, 0.15) is 31.2 Å². The number of hydrogen-bond acceptors (Lipinski definition) is 8. The summed E-state index contributed by atoms with van der Waals surface area (Å²) in [5, 5.41) is 12.7. The lowest BCUT2D eigenvalue weighted by Crippen LogP contribution is -2.95. The molecule has 33 heavy (non-hydrogen) atoms. The van der Waals surface area contributed by atoms with Crippen LogP contribution in [0.3, 0.4) is 0 Å². The molecule has 9 rings (SSSR count). The van der Waals surface area contributed by atoms with Crippen LogP contribution in [0, 0.1) is 5.41 Å². The highest BCUT2D eigenvalue weighted by atomic mass is 16.6. The summed E-state index contributed by atoms with van der Waals surface area (Å²) in [4.78, 5) is 31.1. The summed E-state index contributed by atoms with van der Waals surface area (Å²) >= 11 is 0. The van der Waals surface area contributed by atoms with Crippen molar-refractivity contribution in [1.29, 1.82) is 0 Å². The van der Waals surface area contributed by atoms with Crippen molar-refractivity contribution in [2.75, 3.05) is 32.8 Å². The third-order valence-electron chi connectivity index (χ3n) is 10.1. The van der Waals surface area contributed by atoms with Crippen LogP contribution >= 0.6 is 0 Å². The van der Waals surface area contributed by atoms with Crippen molar-refractivity contribution in [1.82, 2.24) is 4.90 Å². The van der Waals surface area contributed by atoms with Crippen molar-refractivity contribution in [3.05, 3.63) is 29.8 Å². The smallest absolute Gasteiger partial charge is 0.414 e. The second-order valence-electron chi connectivity index (χ2n) is 10.3. The lowest BCUT2D eigenvalue weighted by molar-refractivity contribution is -0.391. The fourth-order valence-corrected chi connectivity index (χ4v) is 9.42. The van der Waals surface area contributed by atoms with E-state index in [1.54, 1.807) is 12.0 Å². The second-order valence-corrected chi connectivity index (χ2v) is 10.3. The molecular weight excluding hydrogens is 428 g/mol. The molecule has 8 atom stereocenters. The van der Waals surface area contributed by atoms with Crippen LogP contribution in [0.4, 0.5) is 10.5 Å². The third kappa shape index (κ3) is 1.66. The molecule has 7 fully saturated rings. The van der Waals surface area contributed by atoms with Crippen LogP contribution in [-0.2, 0) is 29.2 Å². The van der Waals surface area contributed by atoms with Crippen LogP contribution in [0.2, 0.25) is 0 Å². The first kappa shape index (κ1) is 20.2. The Balaban J connectivity index is 1.63. The molecule has 3 saturated carbocycles. The quantitative estimate of drug-likeness (QED) is 0.663. The van der Waals surface area contributed by atoms with Crippen molar-refractivity contribution >= 4 is 17.7 Å². The number of rotatable bonds is 2. The van der Waals surface area contributed by atoms with E-state index in [0.717, 1.165) is 12.1 Å². The molecule has 3 spiro atoms. The maximum absolute atomic E-state index is 13.7. The number of esters is 1. The Morgan fingerprint density at radius 2 is 1.91 bits per heavy atom. The van der Waals surface area contributed by atoms with Gasteiger partial charge in [0.15, 0.2) is 0 Å². The van der Waals surface area contributed by atoms with Gasteiger partial charge in [-0.15, -0.1) is 0 Å². The molecule has 1 N–H and O–H groups in total. The monoisotopic (exact) mass is 456 g/mol. The summed E-state index contributed by atoms with van der Waals surface area (Å²) in [7, 11) is 4.31. The van der Waals surface area contributed by atoms with Crippen LogP contribution < -0.4 is 4.90 Å². The Labute approximate surface area is 191 Å². The van der Waals surface area contributed by atoms with E-state index in [4.69, 9.17) is 18.9 Å². The molecule has 8 aliphatic rings. The molecular formula is C24H28N2O7. The van der Waals surface area contributed by atoms with E-state index in [0.29, 0.717) is 31.4 Å². The molecule has 5 aliphatic heterocycles. The first-order valence-electron chi connectivity index (χ1n) is 11.6. The number of carbonyl (C=O) groups excluding carboxylic acids is 2. The summed E-state index contributed by atoms with van der Waals surface area (Å²) in [5.74, 6) is -0.771. The van der Waals surface area contributed by atoms with Crippen LogP contribution in [0.5, 0.6) is 0 Å². The van der Waals surface area contributed by atoms with Gasteiger partial charge < -0.3 is 24.1 Å². The van der Waals surface area contributed by atoms with Crippen molar-refractivity contribution < 1.29 is 33.6 Å². The molecule has 1 aromatic carbocycles. The number of fused-ring (bicyclic) bond motifs is 3. The molecule has 5 bridgehead atoms. The molecule has 1 amide bonds. The number of aliphatic hydroxyl groups is 1. The van der Waals surface area contributed by atoms with Gasteiger partial charge in [-0.3, -0.25) is 9.80 Å². The predicted molar refractivity (Wildman–Crippen MR) is 114 cm³/mol. The number of amides is 1. The topological polar surface area (TPSA) is 97.8 Å². The Hall–Kier alpha value is -2.20. The van der Waals surface area contributed by atoms with Crippen LogP contribution in [0.15, 0.2) is 24.3 Å². The van der Waals surface area contributed by atoms with Gasteiger partial charge in [0.25, 0.3) is 0 Å². The molecule has 8 unspecified atom stereocenters. The van der Waals surface area contributed by atoms with E-state index in [1.165, 1.54) is 14.2 Å². The lowest BCUT2D eigenvalue weighted by atomic mass is 9.35. The zero-order valence-electron chi connectivity index (χ0n) is 18.9. The van der Waals surface area contributed by atoms with Crippen molar-refractivity contribution in [3.63, 3.8) is 0 Å². The second kappa shape index (κ2) is 5.89. The van der Waals surface area contributed by atoms with Crippen LogP contribution in [0.25, 0.3) is 0 Å². The number of carbonyl (C=O) groups is 2. The van der Waals surface area contributed by atoms with E-state index in [-0.39, 0.29) is 18.4 Å². The first-order chi connectivity index (χ1) is 15.9. The Bertz CT molecular complexity index is 1100. The minimum absolute atomic E-state index is 0.0399. The summed E-state index contributed by atoms with van der Waals surface area (Å²) in [6, 6.07) is 7.72. The van der Waals surface area contributed by atoms with Gasteiger partial charge in [-0.05, 0) is 30.9 Å². The number of ether oxygens (including phenoxy) is 4. The van der Waals surface area contributed by atoms with E-state index in [2.05, 4.69) is 4.90 Å². The van der Waals surface area contributed by atoms with Crippen molar-refractivity contribution in [3.8, 4) is 0 Å². The van der Waals surface area contributed by atoms with E-state index in [9.17, 15) is 14.7 Å². The SMILES string of the molecule is COC(=O)N1c2ccccc2C23CCN4C5CC(OC)C6(CCC12C(O)(C(=O)OC)C6O5)C43. The van der Waals surface area contributed by atoms with Gasteiger partial charge in [0.1, 0.15) is 17.9 Å². The summed E-state index contributed by atoms with van der Waals surface area (Å²) in [6.45, 7) is 0.753. The molecule has 9 heteroatoms. The van der Waals surface area contributed by atoms with Gasteiger partial charge in [-0.2, -0.15) is 0 Å². The largest absolute Gasteiger partial charge is 0.467 e. The van der Waals surface area contributed by atoms with Crippen molar-refractivity contribution in [2.45, 2.75) is 66.7 Å². The van der Waals surface area contributed by atoms with Crippen molar-refractivity contribution in [2.24, 2.45) is 5.41 Å². The van der Waals surface area contributed by atoms with Gasteiger partial charge in [-0.25, -0.2) is 9.59 Å². The van der Waals surface area contributed by atoms with Gasteiger partial charge in [0.2, 0.25) is 5.60 Å². The Kier molecular flexibility index (Phi) is 3.60. The molecule has 0 radical (unpaired) electrons. The number of benzene rings is 1. The van der Waals surface area contributed by atoms with Gasteiger partial charge in [0.05, 0.1) is 26.0 Å². The zero-order valence-corrected chi connectivity index (χ0v) is 18.9. The number of para-hydroxylation sites is 1.